The van der Waals surface area contributed by atoms with Gasteiger partial charge in [0.25, 0.3) is 0 Å². The highest BCUT2D eigenvalue weighted by molar-refractivity contribution is 8.02. The summed E-state index contributed by atoms with van der Waals surface area (Å²) in [6.45, 7) is 5.83. The van der Waals surface area contributed by atoms with E-state index in [1.54, 1.807) is 11.8 Å². The average Bonchev–Trinajstić information content (AvgIpc) is 3.33. The van der Waals surface area contributed by atoms with Gasteiger partial charge in [-0.2, -0.15) is 0 Å². The summed E-state index contributed by atoms with van der Waals surface area (Å²) in [5.41, 5.74) is 4.14. The fraction of sp³-hybridized carbons (Fsp3) is 0.545. The Morgan fingerprint density at radius 3 is 2.28 bits per heavy atom. The number of allylic oxidation sites excluding steroid dienone is 1. The van der Waals surface area contributed by atoms with Crippen LogP contribution in [0.25, 0.3) is 0 Å². The number of carbonyl (C=O) groups is 1. The molecule has 1 aliphatic rings. The Bertz CT molecular complexity index is 1040. The zero-order chi connectivity index (χ0) is 27.7. The van der Waals surface area contributed by atoms with Crippen molar-refractivity contribution in [2.75, 3.05) is 17.8 Å². The third-order valence-electron chi connectivity index (χ3n) is 7.25. The first kappa shape index (κ1) is 31.4. The molecule has 0 aliphatic carbocycles. The van der Waals surface area contributed by atoms with Crippen molar-refractivity contribution in [1.82, 2.24) is 4.90 Å². The number of halogens is 1. The van der Waals surface area contributed by atoms with E-state index in [9.17, 15) is 4.79 Å². The number of nitrogens with one attached hydrogen (secondary N) is 1. The van der Waals surface area contributed by atoms with Crippen LogP contribution >= 0.6 is 23.4 Å². The molecule has 2 aromatic rings. The number of carbonyl (C=O) groups excluding carboxylic acids is 1. The summed E-state index contributed by atoms with van der Waals surface area (Å²) in [5.74, 6) is 1.57. The van der Waals surface area contributed by atoms with E-state index in [-0.39, 0.29) is 12.3 Å². The van der Waals surface area contributed by atoms with Gasteiger partial charge in [-0.3, -0.25) is 4.79 Å². The molecule has 4 nitrogen and oxygen atoms in total. The lowest BCUT2D eigenvalue weighted by molar-refractivity contribution is -0.115. The maximum atomic E-state index is 12.9. The van der Waals surface area contributed by atoms with E-state index in [4.69, 9.17) is 16.3 Å². The molecule has 0 radical (unpaired) electrons. The van der Waals surface area contributed by atoms with Gasteiger partial charge in [0.15, 0.2) is 0 Å². The SMILES string of the molecule is CCCCCCCCCCCCCCOc1cc(CC(=O)Nc2ccccc2CN2CSC=C2C)ccc1Cl. The van der Waals surface area contributed by atoms with Crippen molar-refractivity contribution in [1.29, 1.82) is 0 Å². The molecular weight excluding hydrogens is 524 g/mol. The first-order valence-electron chi connectivity index (χ1n) is 14.9. The lowest BCUT2D eigenvalue weighted by Crippen LogP contribution is -2.20. The largest absolute Gasteiger partial charge is 0.492 e. The maximum Gasteiger partial charge on any atom is 0.228 e. The molecule has 0 aromatic heterocycles. The molecule has 1 amide bonds. The van der Waals surface area contributed by atoms with E-state index in [1.165, 1.54) is 76.3 Å². The summed E-state index contributed by atoms with van der Waals surface area (Å²) in [4.78, 5) is 15.2. The van der Waals surface area contributed by atoms with Gasteiger partial charge >= 0.3 is 0 Å². The molecule has 0 bridgehead atoms. The van der Waals surface area contributed by atoms with Crippen LogP contribution in [-0.4, -0.2) is 23.3 Å². The number of nitrogens with zero attached hydrogens (tertiary/aromatic N) is 1. The molecule has 0 spiro atoms. The Kier molecular flexibility index (Phi) is 14.7. The predicted molar refractivity (Wildman–Crippen MR) is 169 cm³/mol. The Morgan fingerprint density at radius 1 is 0.949 bits per heavy atom. The monoisotopic (exact) mass is 570 g/mol. The first-order chi connectivity index (χ1) is 19.1. The number of hydrogen-bond acceptors (Lipinski definition) is 4. The maximum absolute atomic E-state index is 12.9. The highest BCUT2D eigenvalue weighted by Crippen LogP contribution is 2.28. The molecule has 3 rings (SSSR count). The number of para-hydroxylation sites is 1. The molecule has 1 heterocycles. The zero-order valence-electron chi connectivity index (χ0n) is 24.0. The Labute approximate surface area is 245 Å². The van der Waals surface area contributed by atoms with Crippen LogP contribution in [0.2, 0.25) is 5.02 Å². The molecule has 0 unspecified atom stereocenters. The molecule has 1 aliphatic heterocycles. The lowest BCUT2D eigenvalue weighted by atomic mass is 10.1. The molecule has 0 saturated heterocycles. The standard InChI is InChI=1S/C33H47ClN2O2S/c1-3-4-5-6-7-8-9-10-11-12-13-16-21-38-32-22-28(19-20-30(32)34)23-33(37)35-31-18-15-14-17-29(31)24-36-26-39-25-27(36)2/h14-15,17-20,22,25H,3-13,16,21,23-24,26H2,1-2H3,(H,35,37). The van der Waals surface area contributed by atoms with Crippen LogP contribution in [0, 0.1) is 0 Å². The number of benzene rings is 2. The molecule has 0 atom stereocenters. The smallest absolute Gasteiger partial charge is 0.228 e. The summed E-state index contributed by atoms with van der Waals surface area (Å²) in [6, 6.07) is 13.7. The third kappa shape index (κ3) is 11.9. The quantitative estimate of drug-likeness (QED) is 0.171. The molecule has 0 fully saturated rings. The number of thioether (sulfide) groups is 1. The van der Waals surface area contributed by atoms with E-state index in [1.807, 2.05) is 36.4 Å². The van der Waals surface area contributed by atoms with Crippen molar-refractivity contribution >= 4 is 35.0 Å². The van der Waals surface area contributed by atoms with Crippen molar-refractivity contribution in [2.24, 2.45) is 0 Å². The summed E-state index contributed by atoms with van der Waals surface area (Å²) in [7, 11) is 0. The topological polar surface area (TPSA) is 41.6 Å². The predicted octanol–water partition coefficient (Wildman–Crippen LogP) is 9.97. The molecule has 39 heavy (non-hydrogen) atoms. The second-order valence-corrected chi connectivity index (χ2v) is 11.9. The molecule has 1 N–H and O–H groups in total. The van der Waals surface area contributed by atoms with Crippen LogP contribution in [0.4, 0.5) is 5.69 Å². The Morgan fingerprint density at radius 2 is 1.62 bits per heavy atom. The van der Waals surface area contributed by atoms with Gasteiger partial charge in [-0.25, -0.2) is 0 Å². The second kappa shape index (κ2) is 18.3. The number of amides is 1. The normalized spacial score (nSPS) is 13.0. The fourth-order valence-electron chi connectivity index (χ4n) is 4.85. The minimum atomic E-state index is -0.0419. The molecule has 6 heteroatoms. The van der Waals surface area contributed by atoms with Crippen molar-refractivity contribution in [3.05, 3.63) is 69.7 Å². The minimum absolute atomic E-state index is 0.0419. The van der Waals surface area contributed by atoms with Crippen LogP contribution in [0.1, 0.15) is 102 Å². The van der Waals surface area contributed by atoms with Crippen LogP contribution in [0.5, 0.6) is 5.75 Å². The number of unbranched alkanes of at least 4 members (excludes halogenated alkanes) is 11. The van der Waals surface area contributed by atoms with Crippen molar-refractivity contribution in [3.8, 4) is 5.75 Å². The molecule has 214 valence electrons. The second-order valence-electron chi connectivity index (χ2n) is 10.6. The molecule has 0 saturated carbocycles. The highest BCUT2D eigenvalue weighted by atomic mass is 35.5. The van der Waals surface area contributed by atoms with E-state index in [0.29, 0.717) is 17.4 Å². The van der Waals surface area contributed by atoms with Gasteiger partial charge in [0.05, 0.1) is 23.9 Å². The number of anilines is 1. The van der Waals surface area contributed by atoms with Gasteiger partial charge in [-0.15, -0.1) is 11.8 Å². The van der Waals surface area contributed by atoms with Gasteiger partial charge in [0.2, 0.25) is 5.91 Å². The molecule has 2 aromatic carbocycles. The van der Waals surface area contributed by atoms with E-state index in [0.717, 1.165) is 35.7 Å². The van der Waals surface area contributed by atoms with Crippen LogP contribution < -0.4 is 10.1 Å². The summed E-state index contributed by atoms with van der Waals surface area (Å²) >= 11 is 8.19. The minimum Gasteiger partial charge on any atom is -0.492 e. The van der Waals surface area contributed by atoms with Crippen molar-refractivity contribution in [2.45, 2.75) is 104 Å². The summed E-state index contributed by atoms with van der Waals surface area (Å²) in [5, 5.41) is 5.88. The van der Waals surface area contributed by atoms with Crippen LogP contribution in [0.15, 0.2) is 53.6 Å². The van der Waals surface area contributed by atoms with E-state index in [2.05, 4.69) is 35.5 Å². The summed E-state index contributed by atoms with van der Waals surface area (Å²) in [6.07, 6.45) is 16.1. The van der Waals surface area contributed by atoms with Crippen molar-refractivity contribution < 1.29 is 9.53 Å². The van der Waals surface area contributed by atoms with Crippen molar-refractivity contribution in [3.63, 3.8) is 0 Å². The van der Waals surface area contributed by atoms with E-state index < -0.39 is 0 Å². The number of ether oxygens (including phenoxy) is 1. The lowest BCUT2D eigenvalue weighted by Gasteiger charge is -2.21. The highest BCUT2D eigenvalue weighted by Gasteiger charge is 2.15. The third-order valence-corrected chi connectivity index (χ3v) is 8.53. The Hall–Kier alpha value is -2.11. The van der Waals surface area contributed by atoms with E-state index >= 15 is 0 Å². The van der Waals surface area contributed by atoms with Gasteiger partial charge in [-0.1, -0.05) is 113 Å². The number of hydrogen-bond donors (Lipinski definition) is 1. The zero-order valence-corrected chi connectivity index (χ0v) is 25.6. The van der Waals surface area contributed by atoms with Gasteiger partial charge in [-0.05, 0) is 48.1 Å². The number of rotatable bonds is 19. The van der Waals surface area contributed by atoms with Gasteiger partial charge in [0.1, 0.15) is 5.75 Å². The first-order valence-corrected chi connectivity index (χ1v) is 16.3. The van der Waals surface area contributed by atoms with Gasteiger partial charge in [0, 0.05) is 17.9 Å². The van der Waals surface area contributed by atoms with Gasteiger partial charge < -0.3 is 15.0 Å². The summed E-state index contributed by atoms with van der Waals surface area (Å²) < 4.78 is 6.00. The van der Waals surface area contributed by atoms with Crippen LogP contribution in [-0.2, 0) is 17.8 Å². The fourth-order valence-corrected chi connectivity index (χ4v) is 5.97. The Balaban J connectivity index is 1.35. The average molecular weight is 571 g/mol. The molecular formula is C33H47ClN2O2S. The van der Waals surface area contributed by atoms with Crippen LogP contribution in [0.3, 0.4) is 0 Å².